The molecule has 0 bridgehead atoms. The largest absolute Gasteiger partial charge is 0.378 e. The Morgan fingerprint density at radius 3 is 2.50 bits per heavy atom. The third-order valence-electron chi connectivity index (χ3n) is 4.33. The molecule has 0 spiro atoms. The molecule has 2 aliphatic rings. The molecule has 0 unspecified atom stereocenters. The molecule has 5 heteroatoms. The number of ether oxygens (including phenoxy) is 1. The molecule has 0 aromatic heterocycles. The summed E-state index contributed by atoms with van der Waals surface area (Å²) < 4.78 is 5.25. The fourth-order valence-corrected chi connectivity index (χ4v) is 2.69. The van der Waals surface area contributed by atoms with Crippen molar-refractivity contribution in [3.8, 4) is 0 Å². The predicted octanol–water partition coefficient (Wildman–Crippen LogP) is -0.0809. The van der Waals surface area contributed by atoms with Gasteiger partial charge in [-0.15, -0.1) is 0 Å². The van der Waals surface area contributed by atoms with Crippen molar-refractivity contribution in [2.45, 2.75) is 24.8 Å². The Hall–Kier alpha value is -0.650. The second-order valence-corrected chi connectivity index (χ2v) is 5.57. The molecule has 1 saturated carbocycles. The molecule has 0 aromatic carbocycles. The maximum absolute atomic E-state index is 12.0. The van der Waals surface area contributed by atoms with Crippen molar-refractivity contribution in [2.75, 3.05) is 53.5 Å². The molecule has 1 aliphatic heterocycles. The minimum Gasteiger partial charge on any atom is -0.378 e. The topological polar surface area (TPSA) is 44.8 Å². The summed E-state index contributed by atoms with van der Waals surface area (Å²) in [5.74, 6) is 0.200. The minimum atomic E-state index is 0.200. The number of amides is 1. The number of nitrogens with zero attached hydrogens (tertiary/aromatic N) is 2. The average Bonchev–Trinajstić information content (AvgIpc) is 2.33. The second-order valence-electron chi connectivity index (χ2n) is 5.57. The van der Waals surface area contributed by atoms with Gasteiger partial charge in [0, 0.05) is 25.2 Å². The normalized spacial score (nSPS) is 22.9. The van der Waals surface area contributed by atoms with E-state index >= 15 is 0 Å². The van der Waals surface area contributed by atoms with E-state index in [1.54, 1.807) is 0 Å². The molecule has 0 aromatic rings. The van der Waals surface area contributed by atoms with Crippen LogP contribution in [0.25, 0.3) is 0 Å². The third-order valence-corrected chi connectivity index (χ3v) is 4.33. The first-order valence-electron chi connectivity index (χ1n) is 6.88. The molecule has 1 saturated heterocycles. The fourth-order valence-electron chi connectivity index (χ4n) is 2.69. The van der Waals surface area contributed by atoms with Gasteiger partial charge in [-0.05, 0) is 33.4 Å². The van der Waals surface area contributed by atoms with Crippen molar-refractivity contribution in [3.05, 3.63) is 0 Å². The smallest absolute Gasteiger partial charge is 0.236 e. The van der Waals surface area contributed by atoms with Crippen LogP contribution in [-0.4, -0.2) is 74.7 Å². The number of likely N-dealkylation sites (N-methyl/N-ethyl adjacent to an activating group) is 1. The summed E-state index contributed by atoms with van der Waals surface area (Å²) in [5, 5.41) is 3.33. The van der Waals surface area contributed by atoms with Crippen molar-refractivity contribution in [1.29, 1.82) is 0 Å². The van der Waals surface area contributed by atoms with Crippen LogP contribution in [0.2, 0.25) is 0 Å². The van der Waals surface area contributed by atoms with Gasteiger partial charge in [0.05, 0.1) is 19.8 Å². The quantitative estimate of drug-likeness (QED) is 0.746. The Morgan fingerprint density at radius 2 is 2.00 bits per heavy atom. The Kier molecular flexibility index (Phi) is 4.59. The zero-order valence-electron chi connectivity index (χ0n) is 11.6. The minimum absolute atomic E-state index is 0.200. The highest BCUT2D eigenvalue weighted by Gasteiger charge is 2.38. The lowest BCUT2D eigenvalue weighted by molar-refractivity contribution is -0.134. The van der Waals surface area contributed by atoms with E-state index in [0.717, 1.165) is 19.6 Å². The lowest BCUT2D eigenvalue weighted by atomic mass is 9.75. The maximum Gasteiger partial charge on any atom is 0.236 e. The highest BCUT2D eigenvalue weighted by molar-refractivity contribution is 5.78. The Morgan fingerprint density at radius 1 is 1.33 bits per heavy atom. The first-order valence-corrected chi connectivity index (χ1v) is 6.88. The van der Waals surface area contributed by atoms with Gasteiger partial charge in [0.2, 0.25) is 5.91 Å². The molecule has 1 N–H and O–H groups in total. The first kappa shape index (κ1) is 13.8. The fraction of sp³-hybridized carbons (Fsp3) is 0.923. The van der Waals surface area contributed by atoms with Crippen molar-refractivity contribution in [1.82, 2.24) is 15.1 Å². The predicted molar refractivity (Wildman–Crippen MR) is 70.5 cm³/mol. The second kappa shape index (κ2) is 5.99. The van der Waals surface area contributed by atoms with Crippen molar-refractivity contribution in [3.63, 3.8) is 0 Å². The summed E-state index contributed by atoms with van der Waals surface area (Å²) in [5.41, 5.74) is 0.283. The SMILES string of the molecule is CN(C)C1(CNCC(=O)N2CCOCC2)CCC1. The van der Waals surface area contributed by atoms with Gasteiger partial charge in [-0.3, -0.25) is 4.79 Å². The van der Waals surface area contributed by atoms with Gasteiger partial charge in [-0.25, -0.2) is 0 Å². The zero-order chi connectivity index (χ0) is 13.0. The van der Waals surface area contributed by atoms with E-state index in [1.807, 2.05) is 4.90 Å². The molecule has 0 atom stereocenters. The van der Waals surface area contributed by atoms with Crippen molar-refractivity contribution >= 4 is 5.91 Å². The van der Waals surface area contributed by atoms with E-state index in [9.17, 15) is 4.79 Å². The van der Waals surface area contributed by atoms with Crippen LogP contribution in [0.15, 0.2) is 0 Å². The van der Waals surface area contributed by atoms with E-state index in [4.69, 9.17) is 4.74 Å². The summed E-state index contributed by atoms with van der Waals surface area (Å²) >= 11 is 0. The van der Waals surface area contributed by atoms with E-state index in [2.05, 4.69) is 24.3 Å². The van der Waals surface area contributed by atoms with E-state index in [0.29, 0.717) is 19.8 Å². The molecule has 1 amide bonds. The van der Waals surface area contributed by atoms with Crippen LogP contribution in [0, 0.1) is 0 Å². The molecule has 2 fully saturated rings. The molecule has 1 heterocycles. The van der Waals surface area contributed by atoms with Gasteiger partial charge in [0.15, 0.2) is 0 Å². The molecule has 1 aliphatic carbocycles. The summed E-state index contributed by atoms with van der Waals surface area (Å²) in [7, 11) is 4.26. The van der Waals surface area contributed by atoms with Crippen LogP contribution < -0.4 is 5.32 Å². The number of nitrogens with one attached hydrogen (secondary N) is 1. The van der Waals surface area contributed by atoms with Gasteiger partial charge in [0.1, 0.15) is 0 Å². The average molecular weight is 255 g/mol. The van der Waals surface area contributed by atoms with Gasteiger partial charge < -0.3 is 19.9 Å². The summed E-state index contributed by atoms with van der Waals surface area (Å²) in [6.45, 7) is 4.19. The van der Waals surface area contributed by atoms with Crippen LogP contribution >= 0.6 is 0 Å². The number of hydrogen-bond acceptors (Lipinski definition) is 4. The Bertz CT molecular complexity index is 284. The highest BCUT2D eigenvalue weighted by Crippen LogP contribution is 2.35. The van der Waals surface area contributed by atoms with Crippen molar-refractivity contribution in [2.24, 2.45) is 0 Å². The van der Waals surface area contributed by atoms with Gasteiger partial charge in [-0.2, -0.15) is 0 Å². The number of carbonyl (C=O) groups excluding carboxylic acids is 1. The first-order chi connectivity index (χ1) is 8.64. The molecular weight excluding hydrogens is 230 g/mol. The summed E-state index contributed by atoms with van der Waals surface area (Å²) in [4.78, 5) is 16.1. The van der Waals surface area contributed by atoms with Crippen LogP contribution in [0.1, 0.15) is 19.3 Å². The molecule has 104 valence electrons. The number of hydrogen-bond donors (Lipinski definition) is 1. The Balaban J connectivity index is 1.69. The van der Waals surface area contributed by atoms with Crippen molar-refractivity contribution < 1.29 is 9.53 Å². The number of rotatable bonds is 5. The van der Waals surface area contributed by atoms with Crippen LogP contribution in [0.3, 0.4) is 0 Å². The number of carbonyl (C=O) groups is 1. The summed E-state index contributed by atoms with van der Waals surface area (Å²) in [6.07, 6.45) is 3.77. The van der Waals surface area contributed by atoms with Crippen LogP contribution in [0.5, 0.6) is 0 Å². The third kappa shape index (κ3) is 3.02. The summed E-state index contributed by atoms with van der Waals surface area (Å²) in [6, 6.07) is 0. The zero-order valence-corrected chi connectivity index (χ0v) is 11.6. The maximum atomic E-state index is 12.0. The standard InChI is InChI=1S/C13H25N3O2/c1-15(2)13(4-3-5-13)11-14-10-12(17)16-6-8-18-9-7-16/h14H,3-11H2,1-2H3. The molecule has 2 rings (SSSR count). The van der Waals surface area contributed by atoms with Crippen LogP contribution in [0.4, 0.5) is 0 Å². The lowest BCUT2D eigenvalue weighted by Gasteiger charge is -2.47. The molecular formula is C13H25N3O2. The van der Waals surface area contributed by atoms with E-state index < -0.39 is 0 Å². The monoisotopic (exact) mass is 255 g/mol. The van der Waals surface area contributed by atoms with Gasteiger partial charge in [-0.1, -0.05) is 0 Å². The molecule has 5 nitrogen and oxygen atoms in total. The molecule has 18 heavy (non-hydrogen) atoms. The van der Waals surface area contributed by atoms with E-state index in [-0.39, 0.29) is 11.4 Å². The van der Waals surface area contributed by atoms with E-state index in [1.165, 1.54) is 19.3 Å². The van der Waals surface area contributed by atoms with Gasteiger partial charge >= 0.3 is 0 Å². The molecule has 0 radical (unpaired) electrons. The number of morpholine rings is 1. The highest BCUT2D eigenvalue weighted by atomic mass is 16.5. The van der Waals surface area contributed by atoms with Crippen LogP contribution in [-0.2, 0) is 9.53 Å². The lowest BCUT2D eigenvalue weighted by Crippen LogP contribution is -2.57. The van der Waals surface area contributed by atoms with Gasteiger partial charge in [0.25, 0.3) is 0 Å². The Labute approximate surface area is 109 Å².